The predicted octanol–water partition coefficient (Wildman–Crippen LogP) is 4.11. The molecule has 4 nitrogen and oxygen atoms in total. The summed E-state index contributed by atoms with van der Waals surface area (Å²) >= 11 is 0. The van der Waals surface area contributed by atoms with Gasteiger partial charge in [-0.3, -0.25) is 0 Å². The van der Waals surface area contributed by atoms with Gasteiger partial charge in [-0.05, 0) is 79.7 Å². The highest BCUT2D eigenvalue weighted by Gasteiger charge is 2.23. The zero-order valence-corrected chi connectivity index (χ0v) is 15.0. The van der Waals surface area contributed by atoms with Crippen molar-refractivity contribution < 1.29 is 0 Å². The zero-order valence-electron chi connectivity index (χ0n) is 15.0. The normalized spacial score (nSPS) is 21.8. The van der Waals surface area contributed by atoms with Crippen molar-refractivity contribution in [3.63, 3.8) is 0 Å². The van der Waals surface area contributed by atoms with Gasteiger partial charge in [0.25, 0.3) is 0 Å². The van der Waals surface area contributed by atoms with Gasteiger partial charge >= 0.3 is 0 Å². The third-order valence-electron chi connectivity index (χ3n) is 5.51. The van der Waals surface area contributed by atoms with Gasteiger partial charge in [0.05, 0.1) is 17.1 Å². The molecule has 2 aromatic rings. The molecule has 0 aromatic heterocycles. The minimum absolute atomic E-state index is 0.320. The van der Waals surface area contributed by atoms with E-state index in [1.807, 2.05) is 12.1 Å². The summed E-state index contributed by atoms with van der Waals surface area (Å²) in [6, 6.07) is 12.9. The number of benzene rings is 2. The molecular weight excluding hydrogens is 308 g/mol. The van der Waals surface area contributed by atoms with Gasteiger partial charge in [-0.2, -0.15) is 0 Å². The van der Waals surface area contributed by atoms with Crippen molar-refractivity contribution in [3.8, 4) is 11.1 Å². The SMILES string of the molecule is C[C@@H](N)CC1CCC(c2ccc(-c3cc(N)c(N)c(N)c3)cc2)CC1. The molecule has 0 unspecified atom stereocenters. The molecule has 0 radical (unpaired) electrons. The standard InChI is InChI=1S/C21H30N4/c1-13(22)10-14-2-4-15(5-3-14)16-6-8-17(9-7-16)18-11-19(23)21(25)20(24)12-18/h6-9,11-15H,2-5,10,22-25H2,1H3/t13-,14?,15?/m1/s1. The maximum Gasteiger partial charge on any atom is 0.0781 e. The van der Waals surface area contributed by atoms with Gasteiger partial charge in [0.15, 0.2) is 0 Å². The van der Waals surface area contributed by atoms with Gasteiger partial charge in [-0.25, -0.2) is 0 Å². The van der Waals surface area contributed by atoms with E-state index in [1.54, 1.807) is 0 Å². The molecule has 1 atom stereocenters. The van der Waals surface area contributed by atoms with Crippen LogP contribution in [-0.2, 0) is 0 Å². The monoisotopic (exact) mass is 338 g/mol. The lowest BCUT2D eigenvalue weighted by atomic mass is 9.76. The van der Waals surface area contributed by atoms with Crippen LogP contribution in [0.2, 0.25) is 0 Å². The number of anilines is 3. The summed E-state index contributed by atoms with van der Waals surface area (Å²) in [4.78, 5) is 0. The summed E-state index contributed by atoms with van der Waals surface area (Å²) in [5, 5.41) is 0. The average molecular weight is 338 g/mol. The molecule has 0 bridgehead atoms. The highest BCUT2D eigenvalue weighted by molar-refractivity contribution is 5.84. The van der Waals surface area contributed by atoms with Crippen LogP contribution in [0.25, 0.3) is 11.1 Å². The van der Waals surface area contributed by atoms with Crippen molar-refractivity contribution >= 4 is 17.1 Å². The molecule has 4 heteroatoms. The molecule has 0 heterocycles. The van der Waals surface area contributed by atoms with Gasteiger partial charge in [0, 0.05) is 6.04 Å². The quantitative estimate of drug-likeness (QED) is 0.630. The molecule has 1 saturated carbocycles. The van der Waals surface area contributed by atoms with Gasteiger partial charge in [0.1, 0.15) is 0 Å². The van der Waals surface area contributed by atoms with Crippen molar-refractivity contribution in [1.82, 2.24) is 0 Å². The second-order valence-electron chi connectivity index (χ2n) is 7.62. The Hall–Kier alpha value is -2.20. The molecule has 0 amide bonds. The summed E-state index contributed by atoms with van der Waals surface area (Å²) in [6.07, 6.45) is 6.26. The largest absolute Gasteiger partial charge is 0.397 e. The van der Waals surface area contributed by atoms with E-state index >= 15 is 0 Å². The number of rotatable bonds is 4. The minimum atomic E-state index is 0.320. The lowest BCUT2D eigenvalue weighted by molar-refractivity contribution is 0.297. The Labute approximate surface area is 150 Å². The van der Waals surface area contributed by atoms with E-state index in [0.717, 1.165) is 23.5 Å². The fourth-order valence-corrected chi connectivity index (χ4v) is 4.07. The van der Waals surface area contributed by atoms with Crippen molar-refractivity contribution in [2.75, 3.05) is 17.2 Å². The van der Waals surface area contributed by atoms with Crippen LogP contribution in [0.3, 0.4) is 0 Å². The third-order valence-corrected chi connectivity index (χ3v) is 5.51. The molecule has 1 fully saturated rings. The smallest absolute Gasteiger partial charge is 0.0781 e. The first kappa shape index (κ1) is 17.6. The molecule has 1 aliphatic carbocycles. The predicted molar refractivity (Wildman–Crippen MR) is 108 cm³/mol. The van der Waals surface area contributed by atoms with Gasteiger partial charge in [-0.15, -0.1) is 0 Å². The van der Waals surface area contributed by atoms with Gasteiger partial charge in [0.2, 0.25) is 0 Å². The van der Waals surface area contributed by atoms with E-state index in [-0.39, 0.29) is 0 Å². The summed E-state index contributed by atoms with van der Waals surface area (Å²) in [5.41, 5.74) is 28.7. The summed E-state index contributed by atoms with van der Waals surface area (Å²) in [7, 11) is 0. The van der Waals surface area contributed by atoms with Crippen LogP contribution in [0.5, 0.6) is 0 Å². The fraction of sp³-hybridized carbons (Fsp3) is 0.429. The Kier molecular flexibility index (Phi) is 5.19. The van der Waals surface area contributed by atoms with Crippen LogP contribution in [0, 0.1) is 5.92 Å². The molecule has 0 saturated heterocycles. The number of hydrogen-bond donors (Lipinski definition) is 4. The second kappa shape index (κ2) is 7.36. The fourth-order valence-electron chi connectivity index (χ4n) is 4.07. The van der Waals surface area contributed by atoms with Crippen LogP contribution < -0.4 is 22.9 Å². The Morgan fingerprint density at radius 3 is 1.96 bits per heavy atom. The molecule has 8 N–H and O–H groups in total. The Bertz CT molecular complexity index is 690. The Morgan fingerprint density at radius 1 is 0.880 bits per heavy atom. The molecular formula is C21H30N4. The van der Waals surface area contributed by atoms with Crippen LogP contribution >= 0.6 is 0 Å². The van der Waals surface area contributed by atoms with E-state index in [9.17, 15) is 0 Å². The van der Waals surface area contributed by atoms with E-state index in [4.69, 9.17) is 22.9 Å². The van der Waals surface area contributed by atoms with Gasteiger partial charge in [-0.1, -0.05) is 24.3 Å². The first-order chi connectivity index (χ1) is 11.9. The number of nitrogen functional groups attached to an aromatic ring is 3. The van der Waals surface area contributed by atoms with E-state index in [2.05, 4.69) is 31.2 Å². The van der Waals surface area contributed by atoms with Gasteiger partial charge < -0.3 is 22.9 Å². The molecule has 1 aliphatic rings. The molecule has 0 aliphatic heterocycles. The van der Waals surface area contributed by atoms with Crippen molar-refractivity contribution in [2.24, 2.45) is 11.7 Å². The lowest BCUT2D eigenvalue weighted by Crippen LogP contribution is -2.22. The highest BCUT2D eigenvalue weighted by atomic mass is 14.7. The highest BCUT2D eigenvalue weighted by Crippen LogP contribution is 2.38. The second-order valence-corrected chi connectivity index (χ2v) is 7.62. The summed E-state index contributed by atoms with van der Waals surface area (Å²) < 4.78 is 0. The van der Waals surface area contributed by atoms with Crippen LogP contribution in [0.4, 0.5) is 17.1 Å². The summed E-state index contributed by atoms with van der Waals surface area (Å²) in [6.45, 7) is 2.11. The minimum Gasteiger partial charge on any atom is -0.397 e. The Morgan fingerprint density at radius 2 is 1.44 bits per heavy atom. The molecule has 134 valence electrons. The third kappa shape index (κ3) is 4.07. The maximum atomic E-state index is 5.95. The zero-order chi connectivity index (χ0) is 18.0. The topological polar surface area (TPSA) is 104 Å². The van der Waals surface area contributed by atoms with Crippen molar-refractivity contribution in [2.45, 2.75) is 51.0 Å². The molecule has 0 spiro atoms. The van der Waals surface area contributed by atoms with Crippen molar-refractivity contribution in [3.05, 3.63) is 42.0 Å². The first-order valence-corrected chi connectivity index (χ1v) is 9.24. The lowest BCUT2D eigenvalue weighted by Gasteiger charge is -2.29. The molecule has 25 heavy (non-hydrogen) atoms. The number of nitrogens with two attached hydrogens (primary N) is 4. The summed E-state index contributed by atoms with van der Waals surface area (Å²) in [5.74, 6) is 1.47. The Balaban J connectivity index is 1.69. The maximum absolute atomic E-state index is 5.95. The number of hydrogen-bond acceptors (Lipinski definition) is 4. The molecule has 2 aromatic carbocycles. The van der Waals surface area contributed by atoms with E-state index < -0.39 is 0 Å². The average Bonchev–Trinajstić information content (AvgIpc) is 2.59. The van der Waals surface area contributed by atoms with Crippen LogP contribution in [0.15, 0.2) is 36.4 Å². The first-order valence-electron chi connectivity index (χ1n) is 9.24. The van der Waals surface area contributed by atoms with Crippen LogP contribution in [-0.4, -0.2) is 6.04 Å². The van der Waals surface area contributed by atoms with E-state index in [0.29, 0.717) is 29.0 Å². The van der Waals surface area contributed by atoms with Crippen molar-refractivity contribution in [1.29, 1.82) is 0 Å². The van der Waals surface area contributed by atoms with Crippen LogP contribution in [0.1, 0.15) is 50.5 Å². The van der Waals surface area contributed by atoms with E-state index in [1.165, 1.54) is 31.2 Å². The molecule has 3 rings (SSSR count).